The van der Waals surface area contributed by atoms with Gasteiger partial charge in [-0.05, 0) is 56.9 Å². The number of carbonyl (C=O) groups excluding carboxylic acids is 2. The minimum Gasteiger partial charge on any atom is -0.495 e. The Hall–Kier alpha value is -2.68. The van der Waals surface area contributed by atoms with E-state index in [0.29, 0.717) is 34.1 Å². The molecule has 26 heavy (non-hydrogen) atoms. The second-order valence-corrected chi connectivity index (χ2v) is 7.15. The van der Waals surface area contributed by atoms with E-state index in [0.717, 1.165) is 11.5 Å². The molecule has 9 heteroatoms. The van der Waals surface area contributed by atoms with Crippen LogP contribution in [0.25, 0.3) is 0 Å². The predicted octanol–water partition coefficient (Wildman–Crippen LogP) is 3.71. The number of carbonyl (C=O) groups is 2. The van der Waals surface area contributed by atoms with Crippen molar-refractivity contribution in [2.45, 2.75) is 39.7 Å². The molecule has 2 rings (SSSR count). The van der Waals surface area contributed by atoms with Gasteiger partial charge in [-0.3, -0.25) is 10.1 Å². The summed E-state index contributed by atoms with van der Waals surface area (Å²) in [5.74, 6) is 0.146. The summed E-state index contributed by atoms with van der Waals surface area (Å²) in [6.45, 7) is 7.22. The number of amides is 2. The van der Waals surface area contributed by atoms with Gasteiger partial charge in [-0.15, -0.1) is 5.10 Å². The molecule has 2 N–H and O–H groups in total. The summed E-state index contributed by atoms with van der Waals surface area (Å²) in [4.78, 5) is 24.9. The summed E-state index contributed by atoms with van der Waals surface area (Å²) in [6, 6.07) is 4.92. The van der Waals surface area contributed by atoms with E-state index < -0.39 is 11.7 Å². The van der Waals surface area contributed by atoms with Crippen molar-refractivity contribution in [3.05, 3.63) is 28.8 Å². The highest BCUT2D eigenvalue weighted by atomic mass is 32.1. The van der Waals surface area contributed by atoms with Crippen molar-refractivity contribution in [1.29, 1.82) is 0 Å². The first-order chi connectivity index (χ1) is 12.2. The number of methoxy groups -OCH3 is 1. The van der Waals surface area contributed by atoms with Gasteiger partial charge in [-0.25, -0.2) is 4.79 Å². The van der Waals surface area contributed by atoms with Crippen molar-refractivity contribution < 1.29 is 19.1 Å². The number of hydrogen-bond acceptors (Lipinski definition) is 7. The molecule has 0 aliphatic rings. The van der Waals surface area contributed by atoms with E-state index in [4.69, 9.17) is 9.47 Å². The summed E-state index contributed by atoms with van der Waals surface area (Å²) in [6.07, 6.45) is 0.00652. The highest BCUT2D eigenvalue weighted by molar-refractivity contribution is 7.08. The van der Waals surface area contributed by atoms with Crippen LogP contribution in [0.1, 0.15) is 43.1 Å². The van der Waals surface area contributed by atoms with Crippen molar-refractivity contribution in [2.75, 3.05) is 17.7 Å². The summed E-state index contributed by atoms with van der Waals surface area (Å²) in [5, 5.41) is 9.34. The molecule has 0 saturated carbocycles. The molecule has 8 nitrogen and oxygen atoms in total. The molecule has 0 radical (unpaired) electrons. The Morgan fingerprint density at radius 3 is 2.58 bits per heavy atom. The SMILES string of the molecule is CCc1nnsc1C(=O)Nc1ccc(OC)c(NC(=O)OC(C)(C)C)c1. The lowest BCUT2D eigenvalue weighted by Gasteiger charge is -2.20. The standard InChI is InChI=1S/C17H22N4O4S/c1-6-11-14(26-21-20-11)15(22)18-10-7-8-13(24-5)12(9-10)19-16(23)25-17(2,3)4/h7-9H,6H2,1-5H3,(H,18,22)(H,19,23). The van der Waals surface area contributed by atoms with Gasteiger partial charge in [0.15, 0.2) is 0 Å². The molecule has 0 aliphatic heterocycles. The first-order valence-electron chi connectivity index (χ1n) is 8.04. The fraction of sp³-hybridized carbons (Fsp3) is 0.412. The topological polar surface area (TPSA) is 102 Å². The van der Waals surface area contributed by atoms with Gasteiger partial charge in [0.05, 0.1) is 18.5 Å². The lowest BCUT2D eigenvalue weighted by Crippen LogP contribution is -2.27. The van der Waals surface area contributed by atoms with Gasteiger partial charge in [-0.1, -0.05) is 11.4 Å². The molecule has 2 amide bonds. The van der Waals surface area contributed by atoms with Gasteiger partial charge in [0, 0.05) is 5.69 Å². The largest absolute Gasteiger partial charge is 0.495 e. The Bertz CT molecular complexity index is 798. The third-order valence-electron chi connectivity index (χ3n) is 3.19. The fourth-order valence-electron chi connectivity index (χ4n) is 2.10. The second kappa shape index (κ2) is 8.13. The number of anilines is 2. The average molecular weight is 378 g/mol. The summed E-state index contributed by atoms with van der Waals surface area (Å²) in [7, 11) is 1.49. The number of ether oxygens (including phenoxy) is 2. The number of aromatic nitrogens is 2. The van der Waals surface area contributed by atoms with Crippen LogP contribution in [0.3, 0.4) is 0 Å². The third kappa shape index (κ3) is 5.16. The Morgan fingerprint density at radius 2 is 1.96 bits per heavy atom. The zero-order valence-corrected chi connectivity index (χ0v) is 16.2. The van der Waals surface area contributed by atoms with Crippen molar-refractivity contribution in [2.24, 2.45) is 0 Å². The lowest BCUT2D eigenvalue weighted by atomic mass is 10.2. The van der Waals surface area contributed by atoms with E-state index in [1.807, 2.05) is 6.92 Å². The molecule has 1 aromatic heterocycles. The number of rotatable bonds is 5. The molecule has 1 aromatic carbocycles. The monoisotopic (exact) mass is 378 g/mol. The zero-order valence-electron chi connectivity index (χ0n) is 15.4. The Morgan fingerprint density at radius 1 is 1.23 bits per heavy atom. The number of nitrogens with one attached hydrogen (secondary N) is 2. The maximum Gasteiger partial charge on any atom is 0.412 e. The summed E-state index contributed by atoms with van der Waals surface area (Å²) in [5.41, 5.74) is 0.905. The van der Waals surface area contributed by atoms with Gasteiger partial charge in [-0.2, -0.15) is 0 Å². The first kappa shape index (κ1) is 19.6. The fourth-order valence-corrected chi connectivity index (χ4v) is 2.74. The first-order valence-corrected chi connectivity index (χ1v) is 8.81. The molecule has 0 unspecified atom stereocenters. The number of aryl methyl sites for hydroxylation is 1. The quantitative estimate of drug-likeness (QED) is 0.822. The normalized spacial score (nSPS) is 11.0. The molecule has 1 heterocycles. The van der Waals surface area contributed by atoms with Gasteiger partial charge < -0.3 is 14.8 Å². The molecule has 0 atom stereocenters. The maximum absolute atomic E-state index is 12.4. The van der Waals surface area contributed by atoms with E-state index in [1.165, 1.54) is 7.11 Å². The van der Waals surface area contributed by atoms with Crippen LogP contribution in [0.2, 0.25) is 0 Å². The van der Waals surface area contributed by atoms with Crippen molar-refractivity contribution in [1.82, 2.24) is 9.59 Å². The molecular formula is C17H22N4O4S. The zero-order chi connectivity index (χ0) is 19.3. The van der Waals surface area contributed by atoms with Crippen LogP contribution in [-0.2, 0) is 11.2 Å². The van der Waals surface area contributed by atoms with Crippen LogP contribution in [0, 0.1) is 0 Å². The molecule has 2 aromatic rings. The van der Waals surface area contributed by atoms with Crippen molar-refractivity contribution in [3.8, 4) is 5.75 Å². The molecule has 0 saturated heterocycles. The van der Waals surface area contributed by atoms with Crippen LogP contribution in [-0.4, -0.2) is 34.3 Å². The van der Waals surface area contributed by atoms with Gasteiger partial charge in [0.25, 0.3) is 5.91 Å². The average Bonchev–Trinajstić information content (AvgIpc) is 3.02. The Balaban J connectivity index is 2.18. The minimum atomic E-state index is -0.626. The van der Waals surface area contributed by atoms with Gasteiger partial charge in [0.2, 0.25) is 0 Å². The van der Waals surface area contributed by atoms with Gasteiger partial charge >= 0.3 is 6.09 Å². The molecule has 0 aliphatic carbocycles. The van der Waals surface area contributed by atoms with E-state index >= 15 is 0 Å². The van der Waals surface area contributed by atoms with Crippen molar-refractivity contribution >= 4 is 34.9 Å². The Labute approximate surface area is 156 Å². The van der Waals surface area contributed by atoms with E-state index in [1.54, 1.807) is 39.0 Å². The minimum absolute atomic E-state index is 0.301. The van der Waals surface area contributed by atoms with Crippen LogP contribution in [0.4, 0.5) is 16.2 Å². The van der Waals surface area contributed by atoms with E-state index in [-0.39, 0.29) is 5.91 Å². The smallest absolute Gasteiger partial charge is 0.412 e. The van der Waals surface area contributed by atoms with Crippen LogP contribution in [0.15, 0.2) is 18.2 Å². The second-order valence-electron chi connectivity index (χ2n) is 6.40. The van der Waals surface area contributed by atoms with Gasteiger partial charge in [0.1, 0.15) is 16.2 Å². The van der Waals surface area contributed by atoms with Crippen LogP contribution >= 0.6 is 11.5 Å². The number of hydrogen-bond donors (Lipinski definition) is 2. The van der Waals surface area contributed by atoms with Crippen LogP contribution < -0.4 is 15.4 Å². The molecule has 140 valence electrons. The molecule has 0 spiro atoms. The highest BCUT2D eigenvalue weighted by Gasteiger charge is 2.19. The lowest BCUT2D eigenvalue weighted by molar-refractivity contribution is 0.0635. The van der Waals surface area contributed by atoms with E-state index in [9.17, 15) is 9.59 Å². The maximum atomic E-state index is 12.4. The Kier molecular flexibility index (Phi) is 6.14. The van der Waals surface area contributed by atoms with E-state index in [2.05, 4.69) is 20.2 Å². The molecule has 0 bridgehead atoms. The predicted molar refractivity (Wildman–Crippen MR) is 100 cm³/mol. The summed E-state index contributed by atoms with van der Waals surface area (Å²) >= 11 is 1.04. The van der Waals surface area contributed by atoms with Crippen molar-refractivity contribution in [3.63, 3.8) is 0 Å². The summed E-state index contributed by atoms with van der Waals surface area (Å²) < 4.78 is 14.3. The third-order valence-corrected chi connectivity index (χ3v) is 3.96. The number of benzene rings is 1. The highest BCUT2D eigenvalue weighted by Crippen LogP contribution is 2.29. The number of nitrogens with zero attached hydrogens (tertiary/aromatic N) is 2. The molecule has 0 fully saturated rings. The molecular weight excluding hydrogens is 356 g/mol. The van der Waals surface area contributed by atoms with Crippen LogP contribution in [0.5, 0.6) is 5.75 Å².